The van der Waals surface area contributed by atoms with Crippen molar-refractivity contribution in [1.29, 1.82) is 0 Å². The van der Waals surface area contributed by atoms with Gasteiger partial charge in [0.15, 0.2) is 11.5 Å². The minimum Gasteiger partial charge on any atom is -0.504 e. The van der Waals surface area contributed by atoms with Crippen LogP contribution in [0.1, 0.15) is 0 Å². The Balaban J connectivity index is 2.36. The maximum absolute atomic E-state index is 9.73. The largest absolute Gasteiger partial charge is 0.504 e. The first-order valence-corrected chi connectivity index (χ1v) is 5.35. The lowest BCUT2D eigenvalue weighted by Crippen LogP contribution is -2.04. The van der Waals surface area contributed by atoms with Crippen LogP contribution in [0.3, 0.4) is 0 Å². The van der Waals surface area contributed by atoms with Crippen LogP contribution in [0.15, 0.2) is 18.5 Å². The summed E-state index contributed by atoms with van der Waals surface area (Å²) in [6.07, 6.45) is 1.34. The van der Waals surface area contributed by atoms with Gasteiger partial charge in [0.2, 0.25) is 0 Å². The lowest BCUT2D eigenvalue weighted by Gasteiger charge is -2.08. The standard InChI is InChI=1S/C11H11ClN2O3/c1-16-2-3-17-10-4-7-8(5-9(10)15)13-6-14-11(7)12/h4-6,15H,2-3H2,1H3. The molecule has 0 aliphatic carbocycles. The smallest absolute Gasteiger partial charge is 0.161 e. The molecule has 2 aromatic rings. The number of hydrogen-bond acceptors (Lipinski definition) is 5. The minimum absolute atomic E-state index is 0.0170. The van der Waals surface area contributed by atoms with Crippen molar-refractivity contribution in [2.45, 2.75) is 0 Å². The van der Waals surface area contributed by atoms with Crippen LogP contribution in [-0.2, 0) is 4.74 Å². The Morgan fingerprint density at radius 1 is 1.29 bits per heavy atom. The molecule has 1 N–H and O–H groups in total. The highest BCUT2D eigenvalue weighted by atomic mass is 35.5. The van der Waals surface area contributed by atoms with Crippen molar-refractivity contribution in [2.75, 3.05) is 20.3 Å². The van der Waals surface area contributed by atoms with Gasteiger partial charge in [-0.2, -0.15) is 0 Å². The fraction of sp³-hybridized carbons (Fsp3) is 0.273. The molecule has 0 amide bonds. The summed E-state index contributed by atoms with van der Waals surface area (Å²) < 4.78 is 10.2. The zero-order valence-corrected chi connectivity index (χ0v) is 9.94. The van der Waals surface area contributed by atoms with Gasteiger partial charge in [-0.05, 0) is 6.07 Å². The van der Waals surface area contributed by atoms with Crippen molar-refractivity contribution in [2.24, 2.45) is 0 Å². The number of nitrogens with zero attached hydrogens (tertiary/aromatic N) is 2. The van der Waals surface area contributed by atoms with Crippen molar-refractivity contribution in [1.82, 2.24) is 9.97 Å². The van der Waals surface area contributed by atoms with Crippen molar-refractivity contribution in [3.63, 3.8) is 0 Å². The number of methoxy groups -OCH3 is 1. The van der Waals surface area contributed by atoms with E-state index in [1.165, 1.54) is 12.4 Å². The van der Waals surface area contributed by atoms with Crippen molar-refractivity contribution in [3.05, 3.63) is 23.6 Å². The van der Waals surface area contributed by atoms with Crippen LogP contribution in [0, 0.1) is 0 Å². The topological polar surface area (TPSA) is 64.5 Å². The van der Waals surface area contributed by atoms with E-state index in [9.17, 15) is 5.11 Å². The summed E-state index contributed by atoms with van der Waals surface area (Å²) >= 11 is 5.93. The Labute approximate surface area is 103 Å². The third kappa shape index (κ3) is 2.57. The van der Waals surface area contributed by atoms with Crippen LogP contribution in [0.2, 0.25) is 5.15 Å². The van der Waals surface area contributed by atoms with Gasteiger partial charge < -0.3 is 14.6 Å². The van der Waals surface area contributed by atoms with Gasteiger partial charge in [0.25, 0.3) is 0 Å². The Bertz CT molecular complexity index is 533. The van der Waals surface area contributed by atoms with Crippen LogP contribution < -0.4 is 4.74 Å². The normalized spacial score (nSPS) is 10.7. The zero-order chi connectivity index (χ0) is 12.3. The van der Waals surface area contributed by atoms with Gasteiger partial charge in [-0.15, -0.1) is 0 Å². The van der Waals surface area contributed by atoms with E-state index in [2.05, 4.69) is 9.97 Å². The second-order valence-corrected chi connectivity index (χ2v) is 3.70. The Morgan fingerprint density at radius 2 is 2.12 bits per heavy atom. The highest BCUT2D eigenvalue weighted by Crippen LogP contribution is 2.32. The summed E-state index contributed by atoms with van der Waals surface area (Å²) in [5.74, 6) is 0.356. The Hall–Kier alpha value is -1.59. The first-order valence-electron chi connectivity index (χ1n) is 4.97. The summed E-state index contributed by atoms with van der Waals surface area (Å²) in [5.41, 5.74) is 0.571. The molecule has 17 heavy (non-hydrogen) atoms. The second-order valence-electron chi connectivity index (χ2n) is 3.34. The Kier molecular flexibility index (Phi) is 3.61. The number of rotatable bonds is 4. The molecule has 0 radical (unpaired) electrons. The summed E-state index contributed by atoms with van der Waals surface area (Å²) in [6.45, 7) is 0.789. The van der Waals surface area contributed by atoms with E-state index in [0.717, 1.165) is 0 Å². The maximum atomic E-state index is 9.73. The first kappa shape index (κ1) is 11.9. The summed E-state index contributed by atoms with van der Waals surface area (Å²) in [6, 6.07) is 3.10. The van der Waals surface area contributed by atoms with Gasteiger partial charge in [-0.1, -0.05) is 11.6 Å². The average molecular weight is 255 g/mol. The molecule has 0 saturated heterocycles. The summed E-state index contributed by atoms with van der Waals surface area (Å²) in [4.78, 5) is 7.87. The lowest BCUT2D eigenvalue weighted by molar-refractivity contribution is 0.144. The molecule has 0 saturated carbocycles. The molecule has 1 heterocycles. The fourth-order valence-corrected chi connectivity index (χ4v) is 1.59. The summed E-state index contributed by atoms with van der Waals surface area (Å²) in [7, 11) is 1.58. The number of ether oxygens (including phenoxy) is 2. The third-order valence-electron chi connectivity index (χ3n) is 2.21. The molecular formula is C11H11ClN2O3. The van der Waals surface area contributed by atoms with Gasteiger partial charge in [-0.25, -0.2) is 9.97 Å². The van der Waals surface area contributed by atoms with Crippen LogP contribution in [0.25, 0.3) is 10.9 Å². The van der Waals surface area contributed by atoms with Crippen molar-refractivity contribution < 1.29 is 14.6 Å². The average Bonchev–Trinajstić information content (AvgIpc) is 2.31. The van der Waals surface area contributed by atoms with Gasteiger partial charge in [0.05, 0.1) is 12.1 Å². The molecule has 0 aliphatic rings. The van der Waals surface area contributed by atoms with Crippen molar-refractivity contribution >= 4 is 22.5 Å². The predicted octanol–water partition coefficient (Wildman–Crippen LogP) is 2.01. The molecular weight excluding hydrogens is 244 g/mol. The van der Waals surface area contributed by atoms with E-state index >= 15 is 0 Å². The third-order valence-corrected chi connectivity index (χ3v) is 2.51. The van der Waals surface area contributed by atoms with Crippen LogP contribution in [-0.4, -0.2) is 35.4 Å². The van der Waals surface area contributed by atoms with Gasteiger partial charge >= 0.3 is 0 Å². The van der Waals surface area contributed by atoms with Crippen LogP contribution >= 0.6 is 11.6 Å². The maximum Gasteiger partial charge on any atom is 0.161 e. The number of phenols is 1. The molecule has 0 fully saturated rings. The van der Waals surface area contributed by atoms with E-state index in [0.29, 0.717) is 35.0 Å². The molecule has 90 valence electrons. The van der Waals surface area contributed by atoms with Gasteiger partial charge in [0.1, 0.15) is 18.1 Å². The SMILES string of the molecule is COCCOc1cc2c(Cl)ncnc2cc1O. The minimum atomic E-state index is 0.0170. The number of aromatic nitrogens is 2. The summed E-state index contributed by atoms with van der Waals surface area (Å²) in [5, 5.41) is 10.7. The van der Waals surface area contributed by atoms with E-state index in [-0.39, 0.29) is 5.75 Å². The molecule has 0 bridgehead atoms. The highest BCUT2D eigenvalue weighted by Gasteiger charge is 2.08. The number of hydrogen-bond donors (Lipinski definition) is 1. The molecule has 0 unspecified atom stereocenters. The van der Waals surface area contributed by atoms with Crippen LogP contribution in [0.4, 0.5) is 0 Å². The molecule has 1 aromatic heterocycles. The van der Waals surface area contributed by atoms with E-state index < -0.39 is 0 Å². The zero-order valence-electron chi connectivity index (χ0n) is 9.18. The number of benzene rings is 1. The number of fused-ring (bicyclic) bond motifs is 1. The Morgan fingerprint density at radius 3 is 2.88 bits per heavy atom. The highest BCUT2D eigenvalue weighted by molar-refractivity contribution is 6.34. The van der Waals surface area contributed by atoms with Crippen molar-refractivity contribution in [3.8, 4) is 11.5 Å². The first-order chi connectivity index (χ1) is 8.22. The van der Waals surface area contributed by atoms with E-state index in [1.807, 2.05) is 0 Å². The van der Waals surface area contributed by atoms with Crippen LogP contribution in [0.5, 0.6) is 11.5 Å². The molecule has 1 aromatic carbocycles. The van der Waals surface area contributed by atoms with Gasteiger partial charge in [0, 0.05) is 18.6 Å². The van der Waals surface area contributed by atoms with E-state index in [1.54, 1.807) is 13.2 Å². The quantitative estimate of drug-likeness (QED) is 0.668. The molecule has 0 aliphatic heterocycles. The number of halogens is 1. The number of phenolic OH excluding ortho intramolecular Hbond substituents is 1. The number of aromatic hydroxyl groups is 1. The molecule has 0 atom stereocenters. The van der Waals surface area contributed by atoms with E-state index in [4.69, 9.17) is 21.1 Å². The lowest BCUT2D eigenvalue weighted by atomic mass is 10.2. The molecule has 2 rings (SSSR count). The molecule has 0 spiro atoms. The molecule has 6 heteroatoms. The predicted molar refractivity (Wildman–Crippen MR) is 63.6 cm³/mol. The molecule has 5 nitrogen and oxygen atoms in total. The fourth-order valence-electron chi connectivity index (χ4n) is 1.39. The monoisotopic (exact) mass is 254 g/mol. The second kappa shape index (κ2) is 5.16. The van der Waals surface area contributed by atoms with Gasteiger partial charge in [-0.3, -0.25) is 0 Å².